The summed E-state index contributed by atoms with van der Waals surface area (Å²) in [5.41, 5.74) is 1.08. The van der Waals surface area contributed by atoms with Crippen molar-refractivity contribution in [1.82, 2.24) is 0 Å². The Kier molecular flexibility index (Phi) is 3.74. The van der Waals surface area contributed by atoms with E-state index in [1.165, 1.54) is 0 Å². The summed E-state index contributed by atoms with van der Waals surface area (Å²) in [7, 11) is 0. The largest absolute Gasteiger partial charge is 0.291 e. The molecule has 0 saturated carbocycles. The van der Waals surface area contributed by atoms with E-state index >= 15 is 0 Å². The fourth-order valence-corrected chi connectivity index (χ4v) is 1.27. The summed E-state index contributed by atoms with van der Waals surface area (Å²) >= 11 is 3.36. The fourth-order valence-electron chi connectivity index (χ4n) is 0.853. The number of hydrogen-bond acceptors (Lipinski definition) is 1. The molecule has 0 aliphatic heterocycles. The van der Waals surface area contributed by atoms with E-state index in [9.17, 15) is 4.79 Å². The van der Waals surface area contributed by atoms with Gasteiger partial charge in [-0.1, -0.05) is 40.2 Å². The molecule has 0 aliphatic carbocycles. The third-order valence-electron chi connectivity index (χ3n) is 1.36. The molecule has 0 atom stereocenters. The predicted molar refractivity (Wildman–Crippen MR) is 53.5 cm³/mol. The van der Waals surface area contributed by atoms with E-state index in [1.807, 2.05) is 30.3 Å². The van der Waals surface area contributed by atoms with Gasteiger partial charge in [-0.25, -0.2) is 0 Å². The van der Waals surface area contributed by atoms with Gasteiger partial charge in [0, 0.05) is 10.9 Å². The van der Waals surface area contributed by atoms with Crippen LogP contribution in [0.15, 0.2) is 34.8 Å². The van der Waals surface area contributed by atoms with Gasteiger partial charge in [0.2, 0.25) is 6.29 Å². The fraction of sp³-hybridized carbons (Fsp3) is 0.100. The summed E-state index contributed by atoms with van der Waals surface area (Å²) in [5, 5.41) is 0. The van der Waals surface area contributed by atoms with Crippen molar-refractivity contribution in [2.45, 2.75) is 6.42 Å². The summed E-state index contributed by atoms with van der Waals surface area (Å²) in [5.74, 6) is 0. The second kappa shape index (κ2) is 4.88. The lowest BCUT2D eigenvalue weighted by molar-refractivity contribution is 0.556. The first-order chi connectivity index (χ1) is 5.83. The van der Waals surface area contributed by atoms with Gasteiger partial charge in [0.1, 0.15) is 0 Å². The Bertz CT molecular complexity index is 292. The quantitative estimate of drug-likeness (QED) is 0.771. The highest BCUT2D eigenvalue weighted by Gasteiger charge is 1.87. The number of hydrogen-bond donors (Lipinski definition) is 0. The van der Waals surface area contributed by atoms with E-state index in [0.29, 0.717) is 6.42 Å². The van der Waals surface area contributed by atoms with Crippen LogP contribution in [0.3, 0.4) is 0 Å². The number of halogens is 1. The lowest BCUT2D eigenvalue weighted by Gasteiger charge is -1.92. The molecule has 0 fully saturated rings. The average molecular weight is 224 g/mol. The third kappa shape index (κ3) is 3.01. The normalized spacial score (nSPS) is 10.4. The molecule has 0 saturated heterocycles. The van der Waals surface area contributed by atoms with Gasteiger partial charge in [0.25, 0.3) is 0 Å². The molecule has 1 nitrogen and oxygen atoms in total. The van der Waals surface area contributed by atoms with Crippen LogP contribution in [-0.4, -0.2) is 6.29 Å². The summed E-state index contributed by atoms with van der Waals surface area (Å²) in [6, 6.07) is 7.88. The molecule has 2 heteroatoms. The summed E-state index contributed by atoms with van der Waals surface area (Å²) in [4.78, 5) is 9.88. The van der Waals surface area contributed by atoms with Crippen molar-refractivity contribution < 1.29 is 4.79 Å². The van der Waals surface area contributed by atoms with Crippen LogP contribution >= 0.6 is 15.9 Å². The van der Waals surface area contributed by atoms with Crippen molar-refractivity contribution in [2.24, 2.45) is 0 Å². The van der Waals surface area contributed by atoms with Crippen molar-refractivity contribution in [3.8, 4) is 0 Å². The molecule has 1 aromatic carbocycles. The molecule has 0 N–H and O–H groups in total. The molecule has 12 heavy (non-hydrogen) atoms. The average Bonchev–Trinajstić information content (AvgIpc) is 2.05. The topological polar surface area (TPSA) is 17.1 Å². The highest BCUT2D eigenvalue weighted by molar-refractivity contribution is 9.10. The molecule has 0 aromatic heterocycles. The minimum atomic E-state index is 0.354. The molecular formula is C10H8BrO. The minimum absolute atomic E-state index is 0.354. The van der Waals surface area contributed by atoms with Gasteiger partial charge in [-0.2, -0.15) is 0 Å². The molecule has 0 aliphatic rings. The zero-order valence-corrected chi connectivity index (χ0v) is 8.04. The Morgan fingerprint density at radius 2 is 2.33 bits per heavy atom. The molecule has 1 aromatic rings. The zero-order valence-electron chi connectivity index (χ0n) is 6.46. The van der Waals surface area contributed by atoms with E-state index in [4.69, 9.17) is 0 Å². The lowest BCUT2D eigenvalue weighted by Crippen LogP contribution is -1.71. The lowest BCUT2D eigenvalue weighted by atomic mass is 10.2. The Balaban J connectivity index is 2.69. The number of benzene rings is 1. The smallest absolute Gasteiger partial charge is 0.202 e. The molecule has 1 rings (SSSR count). The minimum Gasteiger partial charge on any atom is -0.291 e. The van der Waals surface area contributed by atoms with Crippen molar-refractivity contribution >= 4 is 28.3 Å². The Morgan fingerprint density at radius 1 is 1.50 bits per heavy atom. The van der Waals surface area contributed by atoms with Crippen LogP contribution in [0.4, 0.5) is 0 Å². The van der Waals surface area contributed by atoms with Crippen LogP contribution in [0, 0.1) is 0 Å². The molecule has 1 radical (unpaired) electrons. The van der Waals surface area contributed by atoms with Gasteiger partial charge in [-0.15, -0.1) is 0 Å². The summed E-state index contributed by atoms with van der Waals surface area (Å²) in [6.45, 7) is 0. The summed E-state index contributed by atoms with van der Waals surface area (Å²) < 4.78 is 1.04. The maximum atomic E-state index is 9.88. The molecule has 61 valence electrons. The van der Waals surface area contributed by atoms with Crippen LogP contribution < -0.4 is 0 Å². The first-order valence-corrected chi connectivity index (χ1v) is 4.39. The van der Waals surface area contributed by atoms with Crippen LogP contribution in [0.2, 0.25) is 0 Å². The van der Waals surface area contributed by atoms with Crippen LogP contribution in [-0.2, 0) is 4.79 Å². The van der Waals surface area contributed by atoms with Gasteiger partial charge in [-0.05, 0) is 17.7 Å². The first-order valence-electron chi connectivity index (χ1n) is 3.60. The van der Waals surface area contributed by atoms with Gasteiger partial charge < -0.3 is 0 Å². The molecule has 0 spiro atoms. The zero-order chi connectivity index (χ0) is 8.81. The van der Waals surface area contributed by atoms with Crippen molar-refractivity contribution in [3.05, 3.63) is 40.4 Å². The second-order valence-electron chi connectivity index (χ2n) is 2.31. The van der Waals surface area contributed by atoms with E-state index in [2.05, 4.69) is 15.9 Å². The van der Waals surface area contributed by atoms with Gasteiger partial charge in [-0.3, -0.25) is 4.79 Å². The first kappa shape index (κ1) is 9.20. The van der Waals surface area contributed by atoms with Crippen molar-refractivity contribution in [1.29, 1.82) is 0 Å². The van der Waals surface area contributed by atoms with E-state index in [1.54, 1.807) is 12.4 Å². The predicted octanol–water partition coefficient (Wildman–Crippen LogP) is 2.96. The van der Waals surface area contributed by atoms with E-state index in [-0.39, 0.29) is 0 Å². The Morgan fingerprint density at radius 3 is 3.00 bits per heavy atom. The molecule has 0 heterocycles. The standard InChI is InChI=1S/C10H8BrO/c11-10-6-3-5-9(8-10)4-1-2-7-12/h1,3-6,8H,2H2/b4-1+. The maximum absolute atomic E-state index is 9.88. The van der Waals surface area contributed by atoms with Crippen LogP contribution in [0.25, 0.3) is 6.08 Å². The monoisotopic (exact) mass is 223 g/mol. The van der Waals surface area contributed by atoms with E-state index < -0.39 is 0 Å². The Labute approximate surface area is 80.2 Å². The van der Waals surface area contributed by atoms with Gasteiger partial charge >= 0.3 is 0 Å². The van der Waals surface area contributed by atoms with Gasteiger partial charge in [0.15, 0.2) is 0 Å². The highest BCUT2D eigenvalue weighted by atomic mass is 79.9. The van der Waals surface area contributed by atoms with E-state index in [0.717, 1.165) is 10.0 Å². The van der Waals surface area contributed by atoms with Crippen molar-refractivity contribution in [2.75, 3.05) is 0 Å². The maximum Gasteiger partial charge on any atom is 0.202 e. The SMILES string of the molecule is O=[C]C/C=C/c1cccc(Br)c1. The molecule has 0 bridgehead atoms. The van der Waals surface area contributed by atoms with Crippen LogP contribution in [0.1, 0.15) is 12.0 Å². The number of allylic oxidation sites excluding steroid dienone is 1. The third-order valence-corrected chi connectivity index (χ3v) is 1.85. The number of carbonyl (C=O) groups excluding carboxylic acids is 1. The van der Waals surface area contributed by atoms with Crippen molar-refractivity contribution in [3.63, 3.8) is 0 Å². The van der Waals surface area contributed by atoms with Crippen LogP contribution in [0.5, 0.6) is 0 Å². The second-order valence-corrected chi connectivity index (χ2v) is 3.22. The Hall–Kier alpha value is -0.890. The number of rotatable bonds is 3. The molecule has 0 unspecified atom stereocenters. The molecular weight excluding hydrogens is 216 g/mol. The molecule has 0 amide bonds. The highest BCUT2D eigenvalue weighted by Crippen LogP contribution is 2.12. The summed E-state index contributed by atoms with van der Waals surface area (Å²) in [6.07, 6.45) is 5.84. The van der Waals surface area contributed by atoms with Gasteiger partial charge in [0.05, 0.1) is 0 Å².